The van der Waals surface area contributed by atoms with Crippen LogP contribution in [0.15, 0.2) is 26.0 Å². The van der Waals surface area contributed by atoms with E-state index in [-0.39, 0.29) is 16.2 Å². The normalized spacial score (nSPS) is 14.6. The molecule has 0 saturated heterocycles. The van der Waals surface area contributed by atoms with Crippen LogP contribution >= 0.6 is 31.0 Å². The van der Waals surface area contributed by atoms with Crippen LogP contribution in [-0.4, -0.2) is 7.11 Å². The summed E-state index contributed by atoms with van der Waals surface area (Å²) >= 11 is 2.23. The largest absolute Gasteiger partial charge is 0.490 e. The van der Waals surface area contributed by atoms with Gasteiger partial charge in [-0.15, -0.1) is 0 Å². The highest BCUT2D eigenvalue weighted by Crippen LogP contribution is 2.44. The van der Waals surface area contributed by atoms with E-state index >= 15 is 0 Å². The lowest BCUT2D eigenvalue weighted by atomic mass is 9.74. The van der Waals surface area contributed by atoms with Crippen molar-refractivity contribution in [1.82, 2.24) is 0 Å². The van der Waals surface area contributed by atoms with Crippen LogP contribution in [0.4, 0.5) is 5.69 Å². The van der Waals surface area contributed by atoms with Crippen LogP contribution in [0.2, 0.25) is 0 Å². The average Bonchev–Trinajstić information content (AvgIpc) is 2.48. The molecule has 26 heavy (non-hydrogen) atoms. The molecule has 2 nitrogen and oxygen atoms in total. The SMILES string of the molecule is CO/C(I)=C(\C)P=Nc1c(C(C)(C)C)cc(C(C)(C)C)cc1C(C)(C)C. The first-order valence-corrected chi connectivity index (χ1v) is 11.0. The fourth-order valence-corrected chi connectivity index (χ4v) is 3.59. The van der Waals surface area contributed by atoms with Gasteiger partial charge in [-0.25, -0.2) is 4.74 Å². The molecule has 0 aliphatic rings. The van der Waals surface area contributed by atoms with Gasteiger partial charge in [0.1, 0.15) is 0 Å². The molecule has 0 spiro atoms. The molecular formula is C22H35INOP. The monoisotopic (exact) mass is 487 g/mol. The van der Waals surface area contributed by atoms with Crippen LogP contribution in [0.5, 0.6) is 0 Å². The third-order valence-corrected chi connectivity index (χ3v) is 6.83. The smallest absolute Gasteiger partial charge is 0.165 e. The predicted octanol–water partition coefficient (Wildman–Crippen LogP) is 8.61. The van der Waals surface area contributed by atoms with E-state index in [9.17, 15) is 0 Å². The second kappa shape index (κ2) is 8.31. The molecule has 4 heteroatoms. The highest BCUT2D eigenvalue weighted by molar-refractivity contribution is 14.1. The van der Waals surface area contributed by atoms with Crippen molar-refractivity contribution < 1.29 is 4.74 Å². The van der Waals surface area contributed by atoms with Gasteiger partial charge in [-0.05, 0) is 62.4 Å². The van der Waals surface area contributed by atoms with Crippen LogP contribution in [0.1, 0.15) is 85.9 Å². The number of rotatable bonds is 3. The molecule has 0 N–H and O–H groups in total. The number of hydrogen-bond acceptors (Lipinski definition) is 2. The first-order chi connectivity index (χ1) is 11.6. The zero-order valence-corrected chi connectivity index (χ0v) is 21.4. The highest BCUT2D eigenvalue weighted by Gasteiger charge is 2.29. The van der Waals surface area contributed by atoms with Gasteiger partial charge in [0.2, 0.25) is 0 Å². The third kappa shape index (κ3) is 6.05. The van der Waals surface area contributed by atoms with Gasteiger partial charge in [-0.1, -0.05) is 74.4 Å². The molecule has 1 rings (SSSR count). The number of halogens is 1. The predicted molar refractivity (Wildman–Crippen MR) is 125 cm³/mol. The summed E-state index contributed by atoms with van der Waals surface area (Å²) in [5, 5.41) is 1.13. The van der Waals surface area contributed by atoms with Gasteiger partial charge >= 0.3 is 0 Å². The Balaban J connectivity index is 3.83. The molecule has 0 saturated carbocycles. The van der Waals surface area contributed by atoms with Crippen molar-refractivity contribution in [3.8, 4) is 0 Å². The molecular weight excluding hydrogens is 452 g/mol. The molecule has 146 valence electrons. The van der Waals surface area contributed by atoms with E-state index in [0.717, 1.165) is 23.1 Å². The Bertz CT molecular complexity index is 678. The van der Waals surface area contributed by atoms with Gasteiger partial charge in [0.05, 0.1) is 12.8 Å². The number of allylic oxidation sites excluding steroid dienone is 1. The highest BCUT2D eigenvalue weighted by atomic mass is 127. The standard InChI is InChI=1S/C22H35INOP/c1-14(19(23)25-11)26-24-18-16(21(5,6)7)12-15(20(2,3)4)13-17(18)22(8,9)10/h12-13H,1-11H3/b19-14+. The maximum Gasteiger partial charge on any atom is 0.165 e. The Morgan fingerprint density at radius 3 is 1.62 bits per heavy atom. The summed E-state index contributed by atoms with van der Waals surface area (Å²) in [5.41, 5.74) is 5.33. The molecule has 1 aromatic carbocycles. The van der Waals surface area contributed by atoms with Crippen LogP contribution in [0.25, 0.3) is 0 Å². The fraction of sp³-hybridized carbons (Fsp3) is 0.636. The Morgan fingerprint density at radius 1 is 0.885 bits per heavy atom. The van der Waals surface area contributed by atoms with Crippen molar-refractivity contribution in [1.29, 1.82) is 0 Å². The number of hydrogen-bond donors (Lipinski definition) is 0. The van der Waals surface area contributed by atoms with Crippen LogP contribution in [0, 0.1) is 0 Å². The molecule has 0 atom stereocenters. The van der Waals surface area contributed by atoms with Gasteiger partial charge in [0, 0.05) is 13.7 Å². The maximum atomic E-state index is 5.36. The van der Waals surface area contributed by atoms with Crippen molar-refractivity contribution in [2.45, 2.75) is 85.5 Å². The molecule has 0 heterocycles. The maximum absolute atomic E-state index is 5.36. The molecule has 0 amide bonds. The summed E-state index contributed by atoms with van der Waals surface area (Å²) in [6.07, 6.45) is 0. The minimum atomic E-state index is 0.0294. The molecule has 0 radical (unpaired) electrons. The fourth-order valence-electron chi connectivity index (χ4n) is 2.63. The molecule has 0 aliphatic heterocycles. The summed E-state index contributed by atoms with van der Waals surface area (Å²) in [6, 6.07) is 4.73. The zero-order valence-electron chi connectivity index (χ0n) is 18.3. The van der Waals surface area contributed by atoms with Crippen molar-refractivity contribution in [2.24, 2.45) is 4.74 Å². The number of benzene rings is 1. The summed E-state index contributed by atoms with van der Waals surface area (Å²) in [7, 11) is 2.65. The van der Waals surface area contributed by atoms with E-state index in [0.29, 0.717) is 0 Å². The molecule has 0 aromatic heterocycles. The Hall–Kier alpha value is -0.410. The van der Waals surface area contributed by atoms with E-state index in [4.69, 9.17) is 9.48 Å². The molecule has 0 unspecified atom stereocenters. The van der Waals surface area contributed by atoms with Gasteiger partial charge in [0.15, 0.2) is 3.77 Å². The van der Waals surface area contributed by atoms with Crippen molar-refractivity contribution >= 4 is 36.7 Å². The lowest BCUT2D eigenvalue weighted by Gasteiger charge is -2.32. The lowest BCUT2D eigenvalue weighted by Crippen LogP contribution is -2.21. The van der Waals surface area contributed by atoms with E-state index in [1.54, 1.807) is 7.11 Å². The van der Waals surface area contributed by atoms with E-state index in [2.05, 4.69) is 104 Å². The minimum absolute atomic E-state index is 0.0294. The van der Waals surface area contributed by atoms with Crippen molar-refractivity contribution in [3.05, 3.63) is 37.9 Å². The van der Waals surface area contributed by atoms with E-state index in [1.165, 1.54) is 16.7 Å². The zero-order chi connectivity index (χ0) is 20.5. The van der Waals surface area contributed by atoms with Crippen LogP contribution in [-0.2, 0) is 21.0 Å². The van der Waals surface area contributed by atoms with Gasteiger partial charge < -0.3 is 4.74 Å². The number of nitrogens with zero attached hydrogens (tertiary/aromatic N) is 1. The summed E-state index contributed by atoms with van der Waals surface area (Å²) < 4.78 is 11.3. The average molecular weight is 487 g/mol. The third-order valence-electron chi connectivity index (χ3n) is 4.36. The van der Waals surface area contributed by atoms with Crippen LogP contribution in [0.3, 0.4) is 0 Å². The first kappa shape index (κ1) is 23.6. The summed E-state index contributed by atoms with van der Waals surface area (Å²) in [4.78, 5) is 0. The summed E-state index contributed by atoms with van der Waals surface area (Å²) in [5.74, 6) is 0. The molecule has 1 aromatic rings. The molecule has 0 aliphatic carbocycles. The number of ether oxygens (including phenoxy) is 1. The minimum Gasteiger partial charge on any atom is -0.490 e. The second-order valence-electron chi connectivity index (χ2n) is 9.93. The topological polar surface area (TPSA) is 21.6 Å². The van der Waals surface area contributed by atoms with E-state index < -0.39 is 0 Å². The van der Waals surface area contributed by atoms with Gasteiger partial charge in [-0.2, -0.15) is 0 Å². The Labute approximate surface area is 176 Å². The Kier molecular flexibility index (Phi) is 7.55. The van der Waals surface area contributed by atoms with E-state index in [1.807, 2.05) is 0 Å². The van der Waals surface area contributed by atoms with Crippen LogP contribution < -0.4 is 0 Å². The second-order valence-corrected chi connectivity index (χ2v) is 12.0. The summed E-state index contributed by atoms with van der Waals surface area (Å²) in [6.45, 7) is 22.6. The first-order valence-electron chi connectivity index (χ1n) is 9.10. The molecule has 0 fully saturated rings. The van der Waals surface area contributed by atoms with Gasteiger partial charge in [-0.3, -0.25) is 0 Å². The molecule has 0 bridgehead atoms. The van der Waals surface area contributed by atoms with Crippen molar-refractivity contribution in [2.75, 3.05) is 7.11 Å². The lowest BCUT2D eigenvalue weighted by molar-refractivity contribution is 0.330. The van der Waals surface area contributed by atoms with Gasteiger partial charge in [0.25, 0.3) is 0 Å². The number of methoxy groups -OCH3 is 1. The Morgan fingerprint density at radius 2 is 1.31 bits per heavy atom. The quantitative estimate of drug-likeness (QED) is 0.238. The van der Waals surface area contributed by atoms with Crippen molar-refractivity contribution in [3.63, 3.8) is 0 Å².